The fourth-order valence-electron chi connectivity index (χ4n) is 2.57. The zero-order valence-corrected chi connectivity index (χ0v) is 14.7. The van der Waals surface area contributed by atoms with Crippen LogP contribution in [0, 0.1) is 6.92 Å². The molecular formula is C20H18O6. The third-order valence-electron chi connectivity index (χ3n) is 4.02. The predicted octanol–water partition coefficient (Wildman–Crippen LogP) is 3.17. The molecular weight excluding hydrogens is 336 g/mol. The average Bonchev–Trinajstić information content (AvgIpc) is 2.98. The van der Waals surface area contributed by atoms with Crippen molar-refractivity contribution < 1.29 is 28.5 Å². The molecule has 2 aromatic carbocycles. The molecule has 0 bridgehead atoms. The van der Waals surface area contributed by atoms with Crippen LogP contribution in [-0.4, -0.2) is 32.6 Å². The molecule has 134 valence electrons. The maximum absolute atomic E-state index is 12.6. The van der Waals surface area contributed by atoms with E-state index in [9.17, 15) is 9.59 Å². The summed E-state index contributed by atoms with van der Waals surface area (Å²) in [7, 11) is 2.88. The summed E-state index contributed by atoms with van der Waals surface area (Å²) < 4.78 is 20.9. The Balaban J connectivity index is 1.84. The number of fused-ring (bicyclic) bond motifs is 1. The van der Waals surface area contributed by atoms with Gasteiger partial charge in [-0.05, 0) is 42.8 Å². The van der Waals surface area contributed by atoms with Crippen molar-refractivity contribution in [2.45, 2.75) is 6.92 Å². The van der Waals surface area contributed by atoms with Crippen LogP contribution < -0.4 is 14.2 Å². The molecule has 0 aromatic heterocycles. The number of rotatable bonds is 5. The van der Waals surface area contributed by atoms with Gasteiger partial charge in [-0.2, -0.15) is 0 Å². The Kier molecular flexibility index (Phi) is 4.93. The maximum atomic E-state index is 12.6. The van der Waals surface area contributed by atoms with Crippen LogP contribution in [0.1, 0.15) is 21.5 Å². The van der Waals surface area contributed by atoms with E-state index in [2.05, 4.69) is 4.74 Å². The summed E-state index contributed by atoms with van der Waals surface area (Å²) in [6.45, 7) is 1.56. The number of benzene rings is 2. The summed E-state index contributed by atoms with van der Waals surface area (Å²) in [6.07, 6.45) is 1.68. The molecule has 0 unspecified atom stereocenters. The van der Waals surface area contributed by atoms with Crippen LogP contribution in [0.4, 0.5) is 0 Å². The summed E-state index contributed by atoms with van der Waals surface area (Å²) >= 11 is 0. The van der Waals surface area contributed by atoms with Gasteiger partial charge in [-0.15, -0.1) is 0 Å². The molecule has 0 N–H and O–H groups in total. The van der Waals surface area contributed by atoms with E-state index in [4.69, 9.17) is 14.2 Å². The number of hydrogen-bond acceptors (Lipinski definition) is 6. The molecule has 0 amide bonds. The highest BCUT2D eigenvalue weighted by Gasteiger charge is 2.30. The average molecular weight is 354 g/mol. The standard InChI is InChI=1S/C20H18O6/c1-12-16(25-11-18(21)24-3)9-8-15-19(22)17(26-20(12)15)10-13-4-6-14(23-2)7-5-13/h4-10H,11H2,1-3H3. The lowest BCUT2D eigenvalue weighted by atomic mass is 10.1. The predicted molar refractivity (Wildman–Crippen MR) is 94.6 cm³/mol. The maximum Gasteiger partial charge on any atom is 0.343 e. The molecule has 0 fully saturated rings. The highest BCUT2D eigenvalue weighted by atomic mass is 16.6. The SMILES string of the molecule is COC(=O)COc1ccc2c(c1C)OC(=Cc1ccc(OC)cc1)C2=O. The number of methoxy groups -OCH3 is 2. The summed E-state index contributed by atoms with van der Waals surface area (Å²) in [5.74, 6) is 1.20. The zero-order valence-electron chi connectivity index (χ0n) is 14.7. The summed E-state index contributed by atoms with van der Waals surface area (Å²) in [4.78, 5) is 23.8. The first-order valence-corrected chi connectivity index (χ1v) is 7.95. The Morgan fingerprint density at radius 3 is 2.50 bits per heavy atom. The number of Topliss-reactive ketones (excluding diaryl/α,β-unsaturated/α-hetero) is 1. The van der Waals surface area contributed by atoms with Crippen LogP contribution in [0.3, 0.4) is 0 Å². The van der Waals surface area contributed by atoms with E-state index in [0.717, 1.165) is 11.3 Å². The fourth-order valence-corrected chi connectivity index (χ4v) is 2.57. The van der Waals surface area contributed by atoms with Crippen molar-refractivity contribution >= 4 is 17.8 Å². The van der Waals surface area contributed by atoms with Gasteiger partial charge in [0.1, 0.15) is 17.2 Å². The monoisotopic (exact) mass is 354 g/mol. The largest absolute Gasteiger partial charge is 0.497 e. The van der Waals surface area contributed by atoms with Gasteiger partial charge in [0.05, 0.1) is 19.8 Å². The van der Waals surface area contributed by atoms with Crippen LogP contribution in [0.25, 0.3) is 6.08 Å². The molecule has 0 atom stereocenters. The van der Waals surface area contributed by atoms with E-state index in [-0.39, 0.29) is 18.1 Å². The van der Waals surface area contributed by atoms with Gasteiger partial charge in [-0.1, -0.05) is 12.1 Å². The highest BCUT2D eigenvalue weighted by Crippen LogP contribution is 2.39. The molecule has 2 aromatic rings. The second kappa shape index (κ2) is 7.31. The first-order valence-electron chi connectivity index (χ1n) is 7.95. The second-order valence-electron chi connectivity index (χ2n) is 5.64. The van der Waals surface area contributed by atoms with Gasteiger partial charge in [-0.3, -0.25) is 4.79 Å². The molecule has 26 heavy (non-hydrogen) atoms. The molecule has 0 spiro atoms. The van der Waals surface area contributed by atoms with Gasteiger partial charge in [0, 0.05) is 5.56 Å². The summed E-state index contributed by atoms with van der Waals surface area (Å²) in [5, 5.41) is 0. The molecule has 0 aliphatic carbocycles. The molecule has 0 saturated heterocycles. The molecule has 6 nitrogen and oxygen atoms in total. The topological polar surface area (TPSA) is 71.1 Å². The molecule has 0 saturated carbocycles. The number of ketones is 1. The first-order chi connectivity index (χ1) is 12.5. The van der Waals surface area contributed by atoms with Gasteiger partial charge < -0.3 is 18.9 Å². The minimum Gasteiger partial charge on any atom is -0.497 e. The Morgan fingerprint density at radius 2 is 1.85 bits per heavy atom. The molecule has 3 rings (SSSR count). The van der Waals surface area contributed by atoms with E-state index >= 15 is 0 Å². The summed E-state index contributed by atoms with van der Waals surface area (Å²) in [6, 6.07) is 10.6. The third-order valence-corrected chi connectivity index (χ3v) is 4.02. The zero-order chi connectivity index (χ0) is 18.7. The minimum atomic E-state index is -0.484. The van der Waals surface area contributed by atoms with Crippen LogP contribution in [-0.2, 0) is 9.53 Å². The van der Waals surface area contributed by atoms with Crippen LogP contribution >= 0.6 is 0 Å². The molecule has 1 aliphatic rings. The molecule has 0 radical (unpaired) electrons. The van der Waals surface area contributed by atoms with Crippen LogP contribution in [0.5, 0.6) is 17.2 Å². The van der Waals surface area contributed by atoms with E-state index in [1.807, 2.05) is 24.3 Å². The van der Waals surface area contributed by atoms with Crippen molar-refractivity contribution in [1.82, 2.24) is 0 Å². The lowest BCUT2D eigenvalue weighted by molar-refractivity contribution is -0.142. The molecule has 6 heteroatoms. The van der Waals surface area contributed by atoms with Crippen molar-refractivity contribution in [2.24, 2.45) is 0 Å². The lowest BCUT2D eigenvalue weighted by Gasteiger charge is -2.10. The van der Waals surface area contributed by atoms with Gasteiger partial charge in [0.25, 0.3) is 0 Å². The van der Waals surface area contributed by atoms with E-state index < -0.39 is 5.97 Å². The van der Waals surface area contributed by atoms with Crippen molar-refractivity contribution in [1.29, 1.82) is 0 Å². The smallest absolute Gasteiger partial charge is 0.343 e. The Hall–Kier alpha value is -3.28. The van der Waals surface area contributed by atoms with Crippen molar-refractivity contribution in [3.63, 3.8) is 0 Å². The third kappa shape index (κ3) is 3.39. The number of ether oxygens (including phenoxy) is 4. The Morgan fingerprint density at radius 1 is 1.12 bits per heavy atom. The quantitative estimate of drug-likeness (QED) is 0.607. The van der Waals surface area contributed by atoms with Gasteiger partial charge in [0.2, 0.25) is 5.78 Å². The van der Waals surface area contributed by atoms with Crippen LogP contribution in [0.2, 0.25) is 0 Å². The van der Waals surface area contributed by atoms with Crippen molar-refractivity contribution in [3.05, 3.63) is 58.8 Å². The van der Waals surface area contributed by atoms with Gasteiger partial charge in [-0.25, -0.2) is 4.79 Å². The van der Waals surface area contributed by atoms with Gasteiger partial charge in [0.15, 0.2) is 12.4 Å². The highest BCUT2D eigenvalue weighted by molar-refractivity contribution is 6.15. The summed E-state index contributed by atoms with van der Waals surface area (Å²) in [5.41, 5.74) is 1.94. The number of carbonyl (C=O) groups excluding carboxylic acids is 2. The Labute approximate surface area is 150 Å². The number of carbonyl (C=O) groups is 2. The fraction of sp³-hybridized carbons (Fsp3) is 0.200. The normalized spacial score (nSPS) is 14.0. The Bertz CT molecular complexity index is 880. The minimum absolute atomic E-state index is 0.196. The van der Waals surface area contributed by atoms with E-state index in [1.54, 1.807) is 32.2 Å². The van der Waals surface area contributed by atoms with E-state index in [1.165, 1.54) is 7.11 Å². The van der Waals surface area contributed by atoms with Crippen molar-refractivity contribution in [2.75, 3.05) is 20.8 Å². The second-order valence-corrected chi connectivity index (χ2v) is 5.64. The van der Waals surface area contributed by atoms with Gasteiger partial charge >= 0.3 is 5.97 Å². The first kappa shape index (κ1) is 17.5. The lowest BCUT2D eigenvalue weighted by Crippen LogP contribution is -2.13. The number of esters is 1. The number of allylic oxidation sites excluding steroid dienone is 1. The number of hydrogen-bond donors (Lipinski definition) is 0. The van der Waals surface area contributed by atoms with Crippen LogP contribution in [0.15, 0.2) is 42.2 Å². The molecule has 1 aliphatic heterocycles. The molecule has 1 heterocycles. The van der Waals surface area contributed by atoms with Crippen molar-refractivity contribution in [3.8, 4) is 17.2 Å². The van der Waals surface area contributed by atoms with E-state index in [0.29, 0.717) is 22.6 Å².